The molecule has 0 radical (unpaired) electrons. The van der Waals surface area contributed by atoms with Crippen LogP contribution in [0.1, 0.15) is 12.8 Å². The Hall–Kier alpha value is -0.810. The highest BCUT2D eigenvalue weighted by Gasteiger charge is 2.08. The first kappa shape index (κ1) is 17.2. The molecule has 20 heavy (non-hydrogen) atoms. The summed E-state index contributed by atoms with van der Waals surface area (Å²) in [6.45, 7) is 2.32. The highest BCUT2D eigenvalue weighted by molar-refractivity contribution is 6.35. The predicted octanol–water partition coefficient (Wildman–Crippen LogP) is 3.29. The van der Waals surface area contributed by atoms with Gasteiger partial charge in [-0.15, -0.1) is 0 Å². The number of ether oxygens (including phenoxy) is 1. The van der Waals surface area contributed by atoms with Crippen molar-refractivity contribution in [3.05, 3.63) is 28.2 Å². The summed E-state index contributed by atoms with van der Waals surface area (Å²) in [5.74, 6) is -0.0761. The molecule has 6 heteroatoms. The molecule has 0 unspecified atom stereocenters. The second-order valence-corrected chi connectivity index (χ2v) is 5.42. The third kappa shape index (κ3) is 6.57. The Kier molecular flexibility index (Phi) is 7.92. The fourth-order valence-electron chi connectivity index (χ4n) is 1.69. The van der Waals surface area contributed by atoms with Crippen molar-refractivity contribution in [1.29, 1.82) is 0 Å². The monoisotopic (exact) mass is 318 g/mol. The fourth-order valence-corrected chi connectivity index (χ4v) is 2.03. The molecule has 0 saturated carbocycles. The first-order valence-corrected chi connectivity index (χ1v) is 7.21. The van der Waals surface area contributed by atoms with Crippen molar-refractivity contribution >= 4 is 34.8 Å². The largest absolute Gasteiger partial charge is 0.385 e. The van der Waals surface area contributed by atoms with Gasteiger partial charge >= 0.3 is 0 Å². The lowest BCUT2D eigenvalue weighted by Crippen LogP contribution is -2.25. The summed E-state index contributed by atoms with van der Waals surface area (Å²) in [7, 11) is 3.66. The first-order chi connectivity index (χ1) is 9.52. The molecule has 0 heterocycles. The number of benzene rings is 1. The van der Waals surface area contributed by atoms with E-state index in [1.165, 1.54) is 0 Å². The van der Waals surface area contributed by atoms with Crippen molar-refractivity contribution in [1.82, 2.24) is 4.90 Å². The van der Waals surface area contributed by atoms with Gasteiger partial charge in [-0.3, -0.25) is 4.79 Å². The number of nitrogens with zero attached hydrogens (tertiary/aromatic N) is 1. The predicted molar refractivity (Wildman–Crippen MR) is 83.7 cm³/mol. The number of carbonyl (C=O) groups is 1. The lowest BCUT2D eigenvalue weighted by atomic mass is 10.3. The summed E-state index contributed by atoms with van der Waals surface area (Å²) in [5, 5.41) is 3.79. The second kappa shape index (κ2) is 9.19. The van der Waals surface area contributed by atoms with Crippen LogP contribution in [-0.4, -0.2) is 44.7 Å². The van der Waals surface area contributed by atoms with Crippen LogP contribution >= 0.6 is 23.2 Å². The van der Waals surface area contributed by atoms with Crippen LogP contribution in [0.25, 0.3) is 0 Å². The van der Waals surface area contributed by atoms with E-state index < -0.39 is 0 Å². The van der Waals surface area contributed by atoms with Crippen molar-refractivity contribution in [3.8, 4) is 0 Å². The lowest BCUT2D eigenvalue weighted by molar-refractivity contribution is -0.116. The molecule has 0 spiro atoms. The van der Waals surface area contributed by atoms with Gasteiger partial charge in [-0.2, -0.15) is 0 Å². The highest BCUT2D eigenvalue weighted by atomic mass is 35.5. The minimum Gasteiger partial charge on any atom is -0.385 e. The minimum absolute atomic E-state index is 0.0761. The molecule has 112 valence electrons. The maximum Gasteiger partial charge on any atom is 0.225 e. The summed E-state index contributed by atoms with van der Waals surface area (Å²) < 4.78 is 4.99. The number of rotatable bonds is 8. The maximum atomic E-state index is 11.8. The number of methoxy groups -OCH3 is 1. The molecule has 1 rings (SSSR count). The molecule has 0 atom stereocenters. The van der Waals surface area contributed by atoms with Gasteiger partial charge in [0.1, 0.15) is 0 Å². The average Bonchev–Trinajstić information content (AvgIpc) is 2.41. The molecule has 0 bridgehead atoms. The smallest absolute Gasteiger partial charge is 0.225 e. The second-order valence-electron chi connectivity index (χ2n) is 4.57. The number of carbonyl (C=O) groups excluding carboxylic acids is 1. The third-order valence-corrected chi connectivity index (χ3v) is 3.38. The van der Waals surface area contributed by atoms with Gasteiger partial charge < -0.3 is 15.0 Å². The molecule has 0 aliphatic heterocycles. The van der Waals surface area contributed by atoms with Crippen LogP contribution in [0.5, 0.6) is 0 Å². The van der Waals surface area contributed by atoms with Crippen molar-refractivity contribution in [2.24, 2.45) is 0 Å². The number of amides is 1. The number of halogens is 2. The van der Waals surface area contributed by atoms with Crippen LogP contribution in [0.3, 0.4) is 0 Å². The first-order valence-electron chi connectivity index (χ1n) is 6.45. The quantitative estimate of drug-likeness (QED) is 0.748. The van der Waals surface area contributed by atoms with Crippen LogP contribution in [0.15, 0.2) is 18.2 Å². The Morgan fingerprint density at radius 1 is 1.35 bits per heavy atom. The molecule has 0 aliphatic carbocycles. The van der Waals surface area contributed by atoms with Crippen LogP contribution in [0.4, 0.5) is 5.69 Å². The summed E-state index contributed by atoms with van der Waals surface area (Å²) in [6.07, 6.45) is 1.36. The third-order valence-electron chi connectivity index (χ3n) is 2.81. The lowest BCUT2D eigenvalue weighted by Gasteiger charge is -2.16. The molecule has 0 aliphatic rings. The Labute approximate surface area is 130 Å². The Morgan fingerprint density at radius 2 is 2.10 bits per heavy atom. The van der Waals surface area contributed by atoms with Gasteiger partial charge in [0.25, 0.3) is 0 Å². The van der Waals surface area contributed by atoms with E-state index in [1.807, 2.05) is 7.05 Å². The molecular formula is C14H20Cl2N2O2. The Bertz CT molecular complexity index is 441. The van der Waals surface area contributed by atoms with Crippen LogP contribution in [0.2, 0.25) is 10.0 Å². The van der Waals surface area contributed by atoms with E-state index in [1.54, 1.807) is 25.3 Å². The zero-order valence-corrected chi connectivity index (χ0v) is 13.3. The zero-order chi connectivity index (χ0) is 15.0. The van der Waals surface area contributed by atoms with Gasteiger partial charge in [0.2, 0.25) is 5.91 Å². The number of hydrogen-bond donors (Lipinski definition) is 1. The topological polar surface area (TPSA) is 41.6 Å². The van der Waals surface area contributed by atoms with Crippen LogP contribution in [0, 0.1) is 0 Å². The SMILES string of the molecule is COCCCN(C)CCC(=O)Nc1cc(Cl)ccc1Cl. The molecule has 1 amide bonds. The molecule has 1 aromatic rings. The van der Waals surface area contributed by atoms with Crippen molar-refractivity contribution in [2.45, 2.75) is 12.8 Å². The minimum atomic E-state index is -0.0761. The highest BCUT2D eigenvalue weighted by Crippen LogP contribution is 2.25. The van der Waals surface area contributed by atoms with Gasteiger partial charge in [0.15, 0.2) is 0 Å². The molecule has 1 aromatic carbocycles. The van der Waals surface area contributed by atoms with E-state index in [0.29, 0.717) is 28.7 Å². The molecule has 0 saturated heterocycles. The Balaban J connectivity index is 2.34. The number of nitrogens with one attached hydrogen (secondary N) is 1. The number of anilines is 1. The van der Waals surface area contributed by atoms with Crippen molar-refractivity contribution in [3.63, 3.8) is 0 Å². The van der Waals surface area contributed by atoms with Gasteiger partial charge in [0.05, 0.1) is 10.7 Å². The standard InChI is InChI=1S/C14H20Cl2N2O2/c1-18(7-3-9-20-2)8-6-14(19)17-13-10-11(15)4-5-12(13)16/h4-5,10H,3,6-9H2,1-2H3,(H,17,19). The van der Waals surface area contributed by atoms with Gasteiger partial charge in [-0.25, -0.2) is 0 Å². The molecular weight excluding hydrogens is 299 g/mol. The van der Waals surface area contributed by atoms with Crippen molar-refractivity contribution in [2.75, 3.05) is 39.2 Å². The normalized spacial score (nSPS) is 10.8. The van der Waals surface area contributed by atoms with E-state index in [4.69, 9.17) is 27.9 Å². The van der Waals surface area contributed by atoms with Crippen LogP contribution in [-0.2, 0) is 9.53 Å². The molecule has 1 N–H and O–H groups in total. The van der Waals surface area contributed by atoms with Gasteiger partial charge in [0, 0.05) is 38.2 Å². The Morgan fingerprint density at radius 3 is 2.80 bits per heavy atom. The average molecular weight is 319 g/mol. The van der Waals surface area contributed by atoms with E-state index in [9.17, 15) is 4.79 Å². The van der Waals surface area contributed by atoms with E-state index in [0.717, 1.165) is 19.6 Å². The van der Waals surface area contributed by atoms with Crippen molar-refractivity contribution < 1.29 is 9.53 Å². The van der Waals surface area contributed by atoms with Gasteiger partial charge in [-0.05, 0) is 31.7 Å². The van der Waals surface area contributed by atoms with Crippen LogP contribution < -0.4 is 5.32 Å². The molecule has 0 fully saturated rings. The fraction of sp³-hybridized carbons (Fsp3) is 0.500. The summed E-state index contributed by atoms with van der Waals surface area (Å²) in [4.78, 5) is 13.9. The molecule has 4 nitrogen and oxygen atoms in total. The zero-order valence-electron chi connectivity index (χ0n) is 11.8. The summed E-state index contributed by atoms with van der Waals surface area (Å²) >= 11 is 11.9. The maximum absolute atomic E-state index is 11.8. The number of hydrogen-bond acceptors (Lipinski definition) is 3. The van der Waals surface area contributed by atoms with E-state index in [2.05, 4.69) is 10.2 Å². The van der Waals surface area contributed by atoms with Gasteiger partial charge in [-0.1, -0.05) is 23.2 Å². The van der Waals surface area contributed by atoms with E-state index >= 15 is 0 Å². The molecule has 0 aromatic heterocycles. The summed E-state index contributed by atoms with van der Waals surface area (Å²) in [5.41, 5.74) is 0.547. The van der Waals surface area contributed by atoms with E-state index in [-0.39, 0.29) is 5.91 Å². The summed E-state index contributed by atoms with van der Waals surface area (Å²) in [6, 6.07) is 4.99.